The van der Waals surface area contributed by atoms with E-state index in [1.807, 2.05) is 6.92 Å². The van der Waals surface area contributed by atoms with E-state index in [1.165, 1.54) is 10.5 Å². The first kappa shape index (κ1) is 14.5. The van der Waals surface area contributed by atoms with E-state index >= 15 is 0 Å². The molecule has 1 aromatic rings. The zero-order valence-electron chi connectivity index (χ0n) is 12.2. The van der Waals surface area contributed by atoms with Crippen molar-refractivity contribution in [2.45, 2.75) is 33.1 Å². The Morgan fingerprint density at radius 3 is 2.20 bits per heavy atom. The molecule has 1 atom stereocenters. The highest BCUT2D eigenvalue weighted by atomic mass is 16.2. The highest BCUT2D eigenvalue weighted by Crippen LogP contribution is 2.24. The molecule has 1 unspecified atom stereocenters. The Bertz CT molecular complexity index is 513. The van der Waals surface area contributed by atoms with Crippen LogP contribution < -0.4 is 0 Å². The van der Waals surface area contributed by atoms with Crippen molar-refractivity contribution in [2.75, 3.05) is 6.54 Å². The van der Waals surface area contributed by atoms with Gasteiger partial charge in [0.25, 0.3) is 11.8 Å². The monoisotopic (exact) mass is 271 g/mol. The minimum absolute atomic E-state index is 0.155. The van der Waals surface area contributed by atoms with Gasteiger partial charge in [-0.25, -0.2) is 0 Å². The van der Waals surface area contributed by atoms with Gasteiger partial charge in [-0.15, -0.1) is 6.58 Å². The summed E-state index contributed by atoms with van der Waals surface area (Å²) in [5, 5.41) is 0. The fourth-order valence-corrected chi connectivity index (χ4v) is 2.43. The Morgan fingerprint density at radius 2 is 1.70 bits per heavy atom. The van der Waals surface area contributed by atoms with E-state index in [2.05, 4.69) is 13.5 Å². The summed E-state index contributed by atoms with van der Waals surface area (Å²) >= 11 is 0. The van der Waals surface area contributed by atoms with Gasteiger partial charge in [0.05, 0.1) is 11.1 Å². The third-order valence-corrected chi connectivity index (χ3v) is 3.79. The molecule has 3 heteroatoms. The molecule has 1 aliphatic rings. The molecule has 1 aromatic carbocycles. The van der Waals surface area contributed by atoms with Crippen LogP contribution in [0.2, 0.25) is 0 Å². The molecule has 2 amide bonds. The SMILES string of the molecule is C=C(C)CCC(C)CCN1C(=O)c2ccccc2C1=O. The fraction of sp³-hybridized carbons (Fsp3) is 0.412. The summed E-state index contributed by atoms with van der Waals surface area (Å²) in [5.41, 5.74) is 2.25. The minimum Gasteiger partial charge on any atom is -0.274 e. The van der Waals surface area contributed by atoms with Crippen molar-refractivity contribution in [1.82, 2.24) is 4.90 Å². The number of allylic oxidation sites excluding steroid dienone is 1. The summed E-state index contributed by atoms with van der Waals surface area (Å²) in [6.07, 6.45) is 2.90. The second-order valence-corrected chi connectivity index (χ2v) is 5.70. The van der Waals surface area contributed by atoms with Crippen molar-refractivity contribution in [3.63, 3.8) is 0 Å². The number of imide groups is 1. The standard InChI is InChI=1S/C17H21NO2/c1-12(2)8-9-13(3)10-11-18-16(19)14-6-4-5-7-15(14)17(18)20/h4-7,13H,1,8-11H2,2-3H3. The normalized spacial score (nSPS) is 15.4. The van der Waals surface area contributed by atoms with Crippen molar-refractivity contribution < 1.29 is 9.59 Å². The molecule has 0 saturated heterocycles. The predicted molar refractivity (Wildman–Crippen MR) is 79.6 cm³/mol. The maximum absolute atomic E-state index is 12.2. The van der Waals surface area contributed by atoms with Gasteiger partial charge in [0.2, 0.25) is 0 Å². The predicted octanol–water partition coefficient (Wildman–Crippen LogP) is 3.67. The molecule has 0 aromatic heterocycles. The third kappa shape index (κ3) is 2.98. The number of hydrogen-bond acceptors (Lipinski definition) is 2. The van der Waals surface area contributed by atoms with Crippen LogP contribution in [0.3, 0.4) is 0 Å². The van der Waals surface area contributed by atoms with E-state index in [0.717, 1.165) is 19.3 Å². The van der Waals surface area contributed by atoms with Crippen molar-refractivity contribution in [2.24, 2.45) is 5.92 Å². The number of nitrogens with zero attached hydrogens (tertiary/aromatic N) is 1. The first-order valence-electron chi connectivity index (χ1n) is 7.10. The summed E-state index contributed by atoms with van der Waals surface area (Å²) in [5.74, 6) is 0.173. The highest BCUT2D eigenvalue weighted by molar-refractivity contribution is 6.21. The summed E-state index contributed by atoms with van der Waals surface area (Å²) < 4.78 is 0. The van der Waals surface area contributed by atoms with Crippen LogP contribution >= 0.6 is 0 Å². The van der Waals surface area contributed by atoms with Gasteiger partial charge in [0.15, 0.2) is 0 Å². The van der Waals surface area contributed by atoms with E-state index in [1.54, 1.807) is 24.3 Å². The van der Waals surface area contributed by atoms with Crippen molar-refractivity contribution >= 4 is 11.8 Å². The molecule has 106 valence electrons. The maximum atomic E-state index is 12.2. The van der Waals surface area contributed by atoms with Gasteiger partial charge in [-0.1, -0.05) is 24.6 Å². The molecular formula is C17H21NO2. The second kappa shape index (κ2) is 6.04. The summed E-state index contributed by atoms with van der Waals surface area (Å²) in [4.78, 5) is 25.7. The number of fused-ring (bicyclic) bond motifs is 1. The van der Waals surface area contributed by atoms with Gasteiger partial charge in [-0.3, -0.25) is 14.5 Å². The number of carbonyl (C=O) groups excluding carboxylic acids is 2. The summed E-state index contributed by atoms with van der Waals surface area (Å²) in [6, 6.07) is 7.03. The van der Waals surface area contributed by atoms with E-state index < -0.39 is 0 Å². The maximum Gasteiger partial charge on any atom is 0.261 e. The molecule has 0 fully saturated rings. The van der Waals surface area contributed by atoms with Crippen LogP contribution in [-0.2, 0) is 0 Å². The van der Waals surface area contributed by atoms with Crippen LogP contribution in [0.15, 0.2) is 36.4 Å². The molecule has 1 aliphatic heterocycles. The average molecular weight is 271 g/mol. The van der Waals surface area contributed by atoms with Gasteiger partial charge < -0.3 is 0 Å². The Balaban J connectivity index is 1.94. The quantitative estimate of drug-likeness (QED) is 0.585. The fourth-order valence-electron chi connectivity index (χ4n) is 2.43. The lowest BCUT2D eigenvalue weighted by Gasteiger charge is -2.17. The smallest absolute Gasteiger partial charge is 0.261 e. The van der Waals surface area contributed by atoms with Crippen LogP contribution in [0.5, 0.6) is 0 Å². The first-order chi connectivity index (χ1) is 9.50. The number of hydrogen-bond donors (Lipinski definition) is 0. The van der Waals surface area contributed by atoms with Crippen LogP contribution in [0.25, 0.3) is 0 Å². The molecule has 20 heavy (non-hydrogen) atoms. The number of benzene rings is 1. The summed E-state index contributed by atoms with van der Waals surface area (Å²) in [7, 11) is 0. The second-order valence-electron chi connectivity index (χ2n) is 5.70. The lowest BCUT2D eigenvalue weighted by atomic mass is 9.99. The van der Waals surface area contributed by atoms with Gasteiger partial charge in [0, 0.05) is 6.54 Å². The number of rotatable bonds is 6. The first-order valence-corrected chi connectivity index (χ1v) is 7.10. The van der Waals surface area contributed by atoms with E-state index in [9.17, 15) is 9.59 Å². The molecular weight excluding hydrogens is 250 g/mol. The van der Waals surface area contributed by atoms with Gasteiger partial charge in [-0.05, 0) is 44.2 Å². The Kier molecular flexibility index (Phi) is 4.38. The third-order valence-electron chi connectivity index (χ3n) is 3.79. The molecule has 3 nitrogen and oxygen atoms in total. The Labute approximate surface area is 120 Å². The highest BCUT2D eigenvalue weighted by Gasteiger charge is 2.34. The number of amides is 2. The molecule has 0 spiro atoms. The molecule has 0 radical (unpaired) electrons. The lowest BCUT2D eigenvalue weighted by molar-refractivity contribution is 0.0646. The van der Waals surface area contributed by atoms with Crippen LogP contribution in [-0.4, -0.2) is 23.3 Å². The lowest BCUT2D eigenvalue weighted by Crippen LogP contribution is -2.31. The summed E-state index contributed by atoms with van der Waals surface area (Å²) in [6.45, 7) is 8.58. The molecule has 0 N–H and O–H groups in total. The van der Waals surface area contributed by atoms with Crippen LogP contribution in [0, 0.1) is 5.92 Å². The Hall–Kier alpha value is -1.90. The van der Waals surface area contributed by atoms with E-state index in [4.69, 9.17) is 0 Å². The zero-order chi connectivity index (χ0) is 14.7. The topological polar surface area (TPSA) is 37.4 Å². The van der Waals surface area contributed by atoms with Gasteiger partial charge in [-0.2, -0.15) is 0 Å². The zero-order valence-corrected chi connectivity index (χ0v) is 12.2. The Morgan fingerprint density at radius 1 is 1.15 bits per heavy atom. The van der Waals surface area contributed by atoms with Gasteiger partial charge in [0.1, 0.15) is 0 Å². The van der Waals surface area contributed by atoms with Crippen LogP contribution in [0.1, 0.15) is 53.8 Å². The molecule has 2 rings (SSSR count). The van der Waals surface area contributed by atoms with E-state index in [0.29, 0.717) is 23.6 Å². The molecule has 0 aliphatic carbocycles. The average Bonchev–Trinajstić information content (AvgIpc) is 2.67. The van der Waals surface area contributed by atoms with Crippen molar-refractivity contribution in [3.8, 4) is 0 Å². The van der Waals surface area contributed by atoms with Gasteiger partial charge >= 0.3 is 0 Å². The molecule has 0 saturated carbocycles. The minimum atomic E-state index is -0.155. The van der Waals surface area contributed by atoms with Crippen molar-refractivity contribution in [3.05, 3.63) is 47.5 Å². The molecule has 1 heterocycles. The van der Waals surface area contributed by atoms with Crippen LogP contribution in [0.4, 0.5) is 0 Å². The largest absolute Gasteiger partial charge is 0.274 e. The number of carbonyl (C=O) groups is 2. The molecule has 0 bridgehead atoms. The van der Waals surface area contributed by atoms with E-state index in [-0.39, 0.29) is 11.8 Å². The van der Waals surface area contributed by atoms with Crippen molar-refractivity contribution in [1.29, 1.82) is 0 Å².